The van der Waals surface area contributed by atoms with Crippen LogP contribution in [0.5, 0.6) is 0 Å². The highest BCUT2D eigenvalue weighted by Gasteiger charge is 1.92. The van der Waals surface area contributed by atoms with E-state index >= 15 is 0 Å². The Morgan fingerprint density at radius 2 is 0.680 bits per heavy atom. The molecule has 0 atom stereocenters. The van der Waals surface area contributed by atoms with Crippen molar-refractivity contribution < 1.29 is 0 Å². The Labute approximate surface area is 159 Å². The zero-order valence-corrected chi connectivity index (χ0v) is 17.4. The van der Waals surface area contributed by atoms with Gasteiger partial charge < -0.3 is 0 Å². The van der Waals surface area contributed by atoms with Crippen LogP contribution < -0.4 is 0 Å². The molecule has 0 aliphatic rings. The van der Waals surface area contributed by atoms with Crippen LogP contribution >= 0.6 is 0 Å². The number of hydrogen-bond donors (Lipinski definition) is 0. The second kappa shape index (κ2) is 23.1. The van der Waals surface area contributed by atoms with Crippen LogP contribution in [0.3, 0.4) is 0 Å². The third-order valence-corrected chi connectivity index (χ3v) is 4.69. The molecule has 0 bridgehead atoms. The van der Waals surface area contributed by atoms with Gasteiger partial charge in [-0.15, -0.1) is 23.7 Å². The molecule has 0 aromatic rings. The van der Waals surface area contributed by atoms with E-state index in [2.05, 4.69) is 37.5 Å². The smallest absolute Gasteiger partial charge is 0.00886 e. The Hall–Kier alpha value is -0.880. The van der Waals surface area contributed by atoms with E-state index in [-0.39, 0.29) is 0 Å². The summed E-state index contributed by atoms with van der Waals surface area (Å²) in [7, 11) is 0. The highest BCUT2D eigenvalue weighted by Crippen LogP contribution is 2.11. The average molecular weight is 345 g/mol. The molecule has 0 aromatic heterocycles. The van der Waals surface area contributed by atoms with Crippen LogP contribution in [0.2, 0.25) is 0 Å². The molecular formula is C25H44. The van der Waals surface area contributed by atoms with Crippen molar-refractivity contribution in [1.82, 2.24) is 0 Å². The molecule has 0 saturated carbocycles. The van der Waals surface area contributed by atoms with Gasteiger partial charge in [0, 0.05) is 25.7 Å². The summed E-state index contributed by atoms with van der Waals surface area (Å²) in [5.74, 6) is 13.1. The fourth-order valence-corrected chi connectivity index (χ4v) is 3.05. The molecule has 144 valence electrons. The number of unbranched alkanes of at least 4 members (excludes halogenated alkanes) is 16. The van der Waals surface area contributed by atoms with Gasteiger partial charge in [0.05, 0.1) is 0 Å². The molecule has 0 aromatic carbocycles. The highest BCUT2D eigenvalue weighted by atomic mass is 14.0. The number of hydrogen-bond acceptors (Lipinski definition) is 0. The summed E-state index contributed by atoms with van der Waals surface area (Å²) >= 11 is 0. The minimum atomic E-state index is 0.998. The van der Waals surface area contributed by atoms with Crippen LogP contribution in [0.1, 0.15) is 136 Å². The van der Waals surface area contributed by atoms with Gasteiger partial charge in [-0.2, -0.15) is 0 Å². The topological polar surface area (TPSA) is 0 Å². The fourth-order valence-electron chi connectivity index (χ4n) is 3.05. The van der Waals surface area contributed by atoms with Crippen LogP contribution in [-0.2, 0) is 0 Å². The van der Waals surface area contributed by atoms with Crippen molar-refractivity contribution in [3.8, 4) is 23.7 Å². The molecule has 0 radical (unpaired) electrons. The summed E-state index contributed by atoms with van der Waals surface area (Å²) < 4.78 is 0. The Kier molecular flexibility index (Phi) is 22.3. The lowest BCUT2D eigenvalue weighted by Crippen LogP contribution is -1.81. The molecule has 0 unspecified atom stereocenters. The van der Waals surface area contributed by atoms with E-state index in [9.17, 15) is 0 Å². The highest BCUT2D eigenvalue weighted by molar-refractivity contribution is 4.98. The van der Waals surface area contributed by atoms with Crippen molar-refractivity contribution in [3.05, 3.63) is 0 Å². The van der Waals surface area contributed by atoms with E-state index in [4.69, 9.17) is 0 Å². The molecule has 0 aliphatic carbocycles. The molecule has 0 spiro atoms. The normalized spacial score (nSPS) is 10.0. The quantitative estimate of drug-likeness (QED) is 0.194. The zero-order chi connectivity index (χ0) is 18.3. The van der Waals surface area contributed by atoms with Gasteiger partial charge >= 0.3 is 0 Å². The average Bonchev–Trinajstić information content (AvgIpc) is 2.63. The van der Waals surface area contributed by atoms with E-state index in [1.54, 1.807) is 0 Å². The Morgan fingerprint density at radius 3 is 1.04 bits per heavy atom. The maximum atomic E-state index is 3.37. The van der Waals surface area contributed by atoms with E-state index in [1.165, 1.54) is 96.3 Å². The largest absolute Gasteiger partial charge is 0.104 e. The Morgan fingerprint density at radius 1 is 0.360 bits per heavy atom. The molecule has 0 heteroatoms. The molecule has 0 amide bonds. The minimum absolute atomic E-state index is 0.998. The summed E-state index contributed by atoms with van der Waals surface area (Å²) in [6.07, 6.45) is 25.0. The van der Waals surface area contributed by atoms with Gasteiger partial charge in [0.1, 0.15) is 0 Å². The Balaban J connectivity index is 3.12. The first-order valence-corrected chi connectivity index (χ1v) is 11.3. The molecule has 0 aliphatic heterocycles. The predicted molar refractivity (Wildman–Crippen MR) is 115 cm³/mol. The zero-order valence-electron chi connectivity index (χ0n) is 17.4. The summed E-state index contributed by atoms with van der Waals surface area (Å²) in [4.78, 5) is 0. The third-order valence-electron chi connectivity index (χ3n) is 4.69. The second-order valence-electron chi connectivity index (χ2n) is 7.26. The lowest BCUT2D eigenvalue weighted by atomic mass is 10.1. The molecular weight excluding hydrogens is 300 g/mol. The van der Waals surface area contributed by atoms with Crippen molar-refractivity contribution >= 4 is 0 Å². The van der Waals surface area contributed by atoms with Crippen LogP contribution in [0, 0.1) is 23.7 Å². The van der Waals surface area contributed by atoms with Gasteiger partial charge in [-0.1, -0.05) is 90.9 Å². The summed E-state index contributed by atoms with van der Waals surface area (Å²) in [5.41, 5.74) is 0. The van der Waals surface area contributed by atoms with Crippen molar-refractivity contribution in [2.45, 2.75) is 136 Å². The standard InChI is InChI=1S/C25H44/c1-3-5-7-9-11-13-15-17-19-21-23-25-24-22-20-18-16-14-12-10-8-6-4-2/h3-5,7,9-23H2,1-2H3. The van der Waals surface area contributed by atoms with Crippen molar-refractivity contribution in [3.63, 3.8) is 0 Å². The lowest BCUT2D eigenvalue weighted by molar-refractivity contribution is 0.558. The maximum absolute atomic E-state index is 3.37. The van der Waals surface area contributed by atoms with Crippen LogP contribution in [-0.4, -0.2) is 0 Å². The first-order valence-electron chi connectivity index (χ1n) is 11.3. The summed E-state index contributed by atoms with van der Waals surface area (Å²) in [6, 6.07) is 0. The van der Waals surface area contributed by atoms with Gasteiger partial charge in [0.2, 0.25) is 0 Å². The Bertz CT molecular complexity index is 357. The first-order chi connectivity index (χ1) is 12.4. The first kappa shape index (κ1) is 24.1. The third kappa shape index (κ3) is 23.1. The van der Waals surface area contributed by atoms with Gasteiger partial charge in [-0.25, -0.2) is 0 Å². The van der Waals surface area contributed by atoms with Crippen LogP contribution in [0.25, 0.3) is 0 Å². The van der Waals surface area contributed by atoms with E-state index in [0.29, 0.717) is 0 Å². The molecule has 25 heavy (non-hydrogen) atoms. The van der Waals surface area contributed by atoms with Crippen LogP contribution in [0.15, 0.2) is 0 Å². The molecule has 0 heterocycles. The lowest BCUT2D eigenvalue weighted by Gasteiger charge is -2.00. The van der Waals surface area contributed by atoms with Gasteiger partial charge in [0.25, 0.3) is 0 Å². The number of rotatable bonds is 16. The van der Waals surface area contributed by atoms with E-state index in [0.717, 1.165) is 25.7 Å². The predicted octanol–water partition coefficient (Wildman–Crippen LogP) is 8.44. The molecule has 0 nitrogen and oxygen atoms in total. The van der Waals surface area contributed by atoms with E-state index in [1.807, 2.05) is 0 Å². The van der Waals surface area contributed by atoms with Gasteiger partial charge in [-0.05, 0) is 19.3 Å². The molecule has 0 N–H and O–H groups in total. The second-order valence-corrected chi connectivity index (χ2v) is 7.26. The summed E-state index contributed by atoms with van der Waals surface area (Å²) in [6.45, 7) is 4.40. The SMILES string of the molecule is CCC#CCCCCCCCC#CCCCCCCCCCCCC. The van der Waals surface area contributed by atoms with Crippen LogP contribution in [0.4, 0.5) is 0 Å². The van der Waals surface area contributed by atoms with Crippen molar-refractivity contribution in [1.29, 1.82) is 0 Å². The van der Waals surface area contributed by atoms with Crippen molar-refractivity contribution in [2.24, 2.45) is 0 Å². The van der Waals surface area contributed by atoms with Gasteiger partial charge in [0.15, 0.2) is 0 Å². The maximum Gasteiger partial charge on any atom is 0.00886 e. The van der Waals surface area contributed by atoms with E-state index < -0.39 is 0 Å². The van der Waals surface area contributed by atoms with Gasteiger partial charge in [-0.3, -0.25) is 0 Å². The fraction of sp³-hybridized carbons (Fsp3) is 0.840. The summed E-state index contributed by atoms with van der Waals surface area (Å²) in [5, 5.41) is 0. The molecule has 0 saturated heterocycles. The molecule has 0 rings (SSSR count). The monoisotopic (exact) mass is 344 g/mol. The minimum Gasteiger partial charge on any atom is -0.104 e. The van der Waals surface area contributed by atoms with Crippen molar-refractivity contribution in [2.75, 3.05) is 0 Å². The molecule has 0 fully saturated rings.